The molecule has 1 aromatic heterocycles. The number of aromatic nitrogens is 1. The predicted molar refractivity (Wildman–Crippen MR) is 88.7 cm³/mol. The minimum absolute atomic E-state index is 0.314. The van der Waals surface area contributed by atoms with Crippen LogP contribution in [0.4, 0.5) is 0 Å². The van der Waals surface area contributed by atoms with E-state index >= 15 is 0 Å². The fourth-order valence-corrected chi connectivity index (χ4v) is 3.11. The number of ether oxygens (including phenoxy) is 1. The van der Waals surface area contributed by atoms with E-state index in [1.165, 1.54) is 11.3 Å². The molecule has 0 saturated heterocycles. The van der Waals surface area contributed by atoms with Crippen molar-refractivity contribution in [1.29, 1.82) is 0 Å². The van der Waals surface area contributed by atoms with Crippen LogP contribution >= 0.6 is 22.9 Å². The number of para-hydroxylation sites is 1. The van der Waals surface area contributed by atoms with Crippen molar-refractivity contribution in [1.82, 2.24) is 4.98 Å². The van der Waals surface area contributed by atoms with E-state index in [9.17, 15) is 4.79 Å². The number of rotatable bonds is 3. The van der Waals surface area contributed by atoms with Gasteiger partial charge in [-0.25, -0.2) is 9.78 Å². The molecule has 0 radical (unpaired) electrons. The number of aryl methyl sites for hydroxylation is 1. The molecule has 1 heterocycles. The van der Waals surface area contributed by atoms with Gasteiger partial charge in [-0.15, -0.1) is 11.3 Å². The lowest BCUT2D eigenvalue weighted by Gasteiger charge is -2.05. The molecule has 110 valence electrons. The summed E-state index contributed by atoms with van der Waals surface area (Å²) in [7, 11) is 0. The Morgan fingerprint density at radius 3 is 2.50 bits per heavy atom. The molecule has 0 saturated carbocycles. The molecule has 0 unspecified atom stereocenters. The molecule has 3 aromatic rings. The number of benzene rings is 2. The zero-order valence-electron chi connectivity index (χ0n) is 11.7. The molecule has 0 bridgehead atoms. The highest BCUT2D eigenvalue weighted by Crippen LogP contribution is 2.31. The quantitative estimate of drug-likeness (QED) is 0.502. The van der Waals surface area contributed by atoms with Crippen LogP contribution in [0.2, 0.25) is 5.02 Å². The van der Waals surface area contributed by atoms with Crippen LogP contribution in [0.25, 0.3) is 10.4 Å². The molecule has 0 aliphatic heterocycles. The fraction of sp³-hybridized carbons (Fsp3) is 0.0588. The van der Waals surface area contributed by atoms with Crippen molar-refractivity contribution in [3.05, 3.63) is 70.3 Å². The van der Waals surface area contributed by atoms with Crippen molar-refractivity contribution >= 4 is 28.9 Å². The second-order valence-electron chi connectivity index (χ2n) is 4.60. The monoisotopic (exact) mass is 329 g/mol. The van der Waals surface area contributed by atoms with Gasteiger partial charge in [0.25, 0.3) is 0 Å². The van der Waals surface area contributed by atoms with E-state index in [4.69, 9.17) is 16.3 Å². The summed E-state index contributed by atoms with van der Waals surface area (Å²) in [5, 5.41) is 1.20. The zero-order valence-corrected chi connectivity index (χ0v) is 13.3. The van der Waals surface area contributed by atoms with Gasteiger partial charge in [0.2, 0.25) is 0 Å². The van der Waals surface area contributed by atoms with Crippen molar-refractivity contribution in [2.75, 3.05) is 0 Å². The van der Waals surface area contributed by atoms with Crippen molar-refractivity contribution in [3.63, 3.8) is 0 Å². The predicted octanol–water partition coefficient (Wildman–Crippen LogP) is 4.99. The van der Waals surface area contributed by atoms with Crippen molar-refractivity contribution in [2.24, 2.45) is 0 Å². The molecule has 2 aromatic carbocycles. The summed E-state index contributed by atoms with van der Waals surface area (Å²) in [5.74, 6) is -0.171. The number of hydrogen-bond donors (Lipinski definition) is 0. The third-order valence-electron chi connectivity index (χ3n) is 3.00. The molecule has 0 N–H and O–H groups in total. The van der Waals surface area contributed by atoms with Crippen LogP contribution in [-0.2, 0) is 0 Å². The lowest BCUT2D eigenvalue weighted by atomic mass is 10.1. The Morgan fingerprint density at radius 2 is 1.77 bits per heavy atom. The zero-order chi connectivity index (χ0) is 15.5. The van der Waals surface area contributed by atoms with E-state index in [0.717, 1.165) is 15.4 Å². The van der Waals surface area contributed by atoms with E-state index in [1.807, 2.05) is 37.3 Å². The Hall–Kier alpha value is -2.17. The van der Waals surface area contributed by atoms with Crippen LogP contribution in [0, 0.1) is 6.92 Å². The third kappa shape index (κ3) is 3.03. The Kier molecular flexibility index (Phi) is 4.22. The average Bonchev–Trinajstić information content (AvgIpc) is 2.92. The second kappa shape index (κ2) is 6.30. The van der Waals surface area contributed by atoms with Crippen molar-refractivity contribution < 1.29 is 9.53 Å². The number of carbonyl (C=O) groups excluding carboxylic acids is 1. The fourth-order valence-electron chi connectivity index (χ4n) is 2.03. The average molecular weight is 330 g/mol. The summed E-state index contributed by atoms with van der Waals surface area (Å²) in [6.07, 6.45) is 0. The van der Waals surface area contributed by atoms with E-state index in [0.29, 0.717) is 16.5 Å². The minimum Gasteiger partial charge on any atom is -0.420 e. The van der Waals surface area contributed by atoms with Crippen LogP contribution < -0.4 is 4.74 Å². The van der Waals surface area contributed by atoms with Crippen LogP contribution in [0.15, 0.2) is 54.6 Å². The minimum atomic E-state index is -0.503. The first-order chi connectivity index (χ1) is 10.6. The highest BCUT2D eigenvalue weighted by atomic mass is 35.5. The van der Waals surface area contributed by atoms with Crippen LogP contribution in [0.3, 0.4) is 0 Å². The number of halogens is 1. The number of carbonyl (C=O) groups is 1. The highest BCUT2D eigenvalue weighted by Gasteiger charge is 2.20. The maximum atomic E-state index is 12.4. The van der Waals surface area contributed by atoms with Crippen molar-refractivity contribution in [2.45, 2.75) is 6.92 Å². The van der Waals surface area contributed by atoms with Gasteiger partial charge < -0.3 is 4.74 Å². The Balaban J connectivity index is 1.95. The molecular formula is C17H12ClNO2S. The standard InChI is InChI=1S/C17H12ClNO2S/c1-11-19-15(16(22-11)12-7-3-2-4-8-12)17(20)21-14-10-6-5-9-13(14)18/h2-10H,1H3. The van der Waals surface area contributed by atoms with Gasteiger partial charge in [-0.05, 0) is 24.6 Å². The molecule has 0 fully saturated rings. The maximum absolute atomic E-state index is 12.4. The first-order valence-corrected chi connectivity index (χ1v) is 7.84. The van der Waals surface area contributed by atoms with E-state index in [2.05, 4.69) is 4.98 Å². The summed E-state index contributed by atoms with van der Waals surface area (Å²) < 4.78 is 5.38. The maximum Gasteiger partial charge on any atom is 0.363 e. The summed E-state index contributed by atoms with van der Waals surface area (Å²) in [6.45, 7) is 1.86. The lowest BCUT2D eigenvalue weighted by molar-refractivity contribution is 0.0730. The van der Waals surface area contributed by atoms with Gasteiger partial charge in [0, 0.05) is 0 Å². The van der Waals surface area contributed by atoms with Crippen molar-refractivity contribution in [3.8, 4) is 16.2 Å². The van der Waals surface area contributed by atoms with Crippen LogP contribution in [0.1, 0.15) is 15.5 Å². The Bertz CT molecular complexity index is 815. The number of nitrogens with zero attached hydrogens (tertiary/aromatic N) is 1. The summed E-state index contributed by atoms with van der Waals surface area (Å²) >= 11 is 7.49. The van der Waals surface area contributed by atoms with Gasteiger partial charge in [0.15, 0.2) is 5.69 Å². The Morgan fingerprint density at radius 1 is 1.09 bits per heavy atom. The molecule has 3 rings (SSSR count). The smallest absolute Gasteiger partial charge is 0.363 e. The SMILES string of the molecule is Cc1nc(C(=O)Oc2ccccc2Cl)c(-c2ccccc2)s1. The molecular weight excluding hydrogens is 318 g/mol. The van der Waals surface area contributed by atoms with Crippen LogP contribution in [-0.4, -0.2) is 11.0 Å². The first-order valence-electron chi connectivity index (χ1n) is 6.64. The normalized spacial score (nSPS) is 10.5. The molecule has 0 spiro atoms. The van der Waals surface area contributed by atoms with Crippen LogP contribution in [0.5, 0.6) is 5.75 Å². The topological polar surface area (TPSA) is 39.2 Å². The van der Waals surface area contributed by atoms with E-state index < -0.39 is 5.97 Å². The lowest BCUT2D eigenvalue weighted by Crippen LogP contribution is -2.10. The molecule has 0 aliphatic rings. The third-order valence-corrected chi connectivity index (χ3v) is 4.33. The molecule has 22 heavy (non-hydrogen) atoms. The second-order valence-corrected chi connectivity index (χ2v) is 6.21. The van der Waals surface area contributed by atoms with Gasteiger partial charge in [0.05, 0.1) is 14.9 Å². The largest absolute Gasteiger partial charge is 0.420 e. The van der Waals surface area contributed by atoms with Gasteiger partial charge in [-0.3, -0.25) is 0 Å². The van der Waals surface area contributed by atoms with E-state index in [-0.39, 0.29) is 0 Å². The molecule has 0 aliphatic carbocycles. The van der Waals surface area contributed by atoms with Gasteiger partial charge >= 0.3 is 5.97 Å². The van der Waals surface area contributed by atoms with Gasteiger partial charge in [-0.1, -0.05) is 54.1 Å². The summed E-state index contributed by atoms with van der Waals surface area (Å²) in [6, 6.07) is 16.5. The Labute approximate surface area is 137 Å². The molecule has 0 atom stereocenters. The number of hydrogen-bond acceptors (Lipinski definition) is 4. The van der Waals surface area contributed by atoms with Gasteiger partial charge in [0.1, 0.15) is 5.75 Å². The molecule has 5 heteroatoms. The first kappa shape index (κ1) is 14.8. The number of esters is 1. The van der Waals surface area contributed by atoms with E-state index in [1.54, 1.807) is 24.3 Å². The summed E-state index contributed by atoms with van der Waals surface area (Å²) in [4.78, 5) is 17.6. The number of thiazole rings is 1. The molecule has 0 amide bonds. The highest BCUT2D eigenvalue weighted by molar-refractivity contribution is 7.15. The summed E-state index contributed by atoms with van der Waals surface area (Å²) in [5.41, 5.74) is 1.26. The molecule has 3 nitrogen and oxygen atoms in total. The van der Waals surface area contributed by atoms with Gasteiger partial charge in [-0.2, -0.15) is 0 Å².